The van der Waals surface area contributed by atoms with E-state index in [9.17, 15) is 9.59 Å². The zero-order chi connectivity index (χ0) is 22.4. The Hall–Kier alpha value is -2.96. The maximum absolute atomic E-state index is 12.7. The predicted molar refractivity (Wildman–Crippen MR) is 124 cm³/mol. The minimum atomic E-state index is -0.500. The van der Waals surface area contributed by atoms with Gasteiger partial charge in [0.1, 0.15) is 0 Å². The fraction of sp³-hybridized carbons (Fsp3) is 0.292. The molecule has 7 heteroatoms. The van der Waals surface area contributed by atoms with Gasteiger partial charge in [0, 0.05) is 29.9 Å². The van der Waals surface area contributed by atoms with Crippen LogP contribution in [0.3, 0.4) is 0 Å². The van der Waals surface area contributed by atoms with Crippen LogP contribution in [0.5, 0.6) is 0 Å². The SMILES string of the molecule is CCN(CC)Cc1ccc(CNC(=O)c2nn(-c3ccc(Cl)cc3)c(C)cc2=O)cc1. The molecule has 1 N–H and O–H groups in total. The minimum Gasteiger partial charge on any atom is -0.346 e. The first kappa shape index (κ1) is 22.7. The summed E-state index contributed by atoms with van der Waals surface area (Å²) in [5.74, 6) is -0.500. The highest BCUT2D eigenvalue weighted by atomic mass is 35.5. The standard InChI is InChI=1S/C24H27ClN4O2/c1-4-28(5-2)16-19-8-6-18(7-9-19)15-26-24(31)23-22(30)14-17(3)29(27-23)21-12-10-20(25)11-13-21/h6-14H,4-5,15-16H2,1-3H3,(H,26,31). The molecule has 0 spiro atoms. The van der Waals surface area contributed by atoms with Gasteiger partial charge in [-0.3, -0.25) is 14.5 Å². The third-order valence-corrected chi connectivity index (χ3v) is 5.42. The van der Waals surface area contributed by atoms with E-state index in [4.69, 9.17) is 11.6 Å². The summed E-state index contributed by atoms with van der Waals surface area (Å²) >= 11 is 5.95. The van der Waals surface area contributed by atoms with Crippen molar-refractivity contribution < 1.29 is 4.79 Å². The lowest BCUT2D eigenvalue weighted by Crippen LogP contribution is -2.31. The number of rotatable bonds is 8. The van der Waals surface area contributed by atoms with Crippen molar-refractivity contribution in [3.8, 4) is 5.69 Å². The molecule has 1 amide bonds. The Morgan fingerprint density at radius 2 is 1.65 bits per heavy atom. The average Bonchev–Trinajstić information content (AvgIpc) is 2.77. The second-order valence-electron chi connectivity index (χ2n) is 7.35. The van der Waals surface area contributed by atoms with Crippen molar-refractivity contribution in [2.24, 2.45) is 0 Å². The van der Waals surface area contributed by atoms with Crippen LogP contribution in [-0.4, -0.2) is 33.7 Å². The molecule has 6 nitrogen and oxygen atoms in total. The number of aryl methyl sites for hydroxylation is 1. The molecular weight excluding hydrogens is 412 g/mol. The van der Waals surface area contributed by atoms with Crippen molar-refractivity contribution in [2.45, 2.75) is 33.9 Å². The average molecular weight is 439 g/mol. The van der Waals surface area contributed by atoms with Gasteiger partial charge in [-0.2, -0.15) is 5.10 Å². The number of benzene rings is 2. The molecular formula is C24H27ClN4O2. The van der Waals surface area contributed by atoms with Gasteiger partial charge in [-0.25, -0.2) is 4.68 Å². The largest absolute Gasteiger partial charge is 0.346 e. The highest BCUT2D eigenvalue weighted by molar-refractivity contribution is 6.30. The van der Waals surface area contributed by atoms with Crippen LogP contribution in [0.15, 0.2) is 59.4 Å². The van der Waals surface area contributed by atoms with Gasteiger partial charge in [-0.15, -0.1) is 0 Å². The Kier molecular flexibility index (Phi) is 7.60. The van der Waals surface area contributed by atoms with Crippen LogP contribution in [-0.2, 0) is 13.1 Å². The van der Waals surface area contributed by atoms with Crippen molar-refractivity contribution >= 4 is 17.5 Å². The van der Waals surface area contributed by atoms with E-state index >= 15 is 0 Å². The summed E-state index contributed by atoms with van der Waals surface area (Å²) in [6.45, 7) is 9.29. The number of carbonyl (C=O) groups is 1. The topological polar surface area (TPSA) is 67.2 Å². The van der Waals surface area contributed by atoms with E-state index in [-0.39, 0.29) is 5.69 Å². The van der Waals surface area contributed by atoms with Crippen molar-refractivity contribution in [1.29, 1.82) is 0 Å². The van der Waals surface area contributed by atoms with Crippen LogP contribution in [0, 0.1) is 6.92 Å². The lowest BCUT2D eigenvalue weighted by atomic mass is 10.1. The molecule has 162 valence electrons. The van der Waals surface area contributed by atoms with E-state index < -0.39 is 11.3 Å². The van der Waals surface area contributed by atoms with E-state index in [0.717, 1.165) is 30.9 Å². The summed E-state index contributed by atoms with van der Waals surface area (Å²) in [6, 6.07) is 16.6. The molecule has 0 atom stereocenters. The molecule has 3 rings (SSSR count). The molecule has 0 bridgehead atoms. The number of nitrogens with zero attached hydrogens (tertiary/aromatic N) is 3. The number of hydrogen-bond donors (Lipinski definition) is 1. The Morgan fingerprint density at radius 1 is 1.03 bits per heavy atom. The van der Waals surface area contributed by atoms with E-state index in [1.54, 1.807) is 35.9 Å². The van der Waals surface area contributed by atoms with Crippen LogP contribution in [0.25, 0.3) is 5.69 Å². The lowest BCUT2D eigenvalue weighted by molar-refractivity contribution is 0.0943. The van der Waals surface area contributed by atoms with Crippen LogP contribution < -0.4 is 10.7 Å². The van der Waals surface area contributed by atoms with Crippen LogP contribution in [0.4, 0.5) is 0 Å². The number of carbonyl (C=O) groups excluding carboxylic acids is 1. The Bertz CT molecular complexity index is 1090. The van der Waals surface area contributed by atoms with Gasteiger partial charge in [0.2, 0.25) is 5.43 Å². The molecule has 0 unspecified atom stereocenters. The first-order valence-corrected chi connectivity index (χ1v) is 10.7. The van der Waals surface area contributed by atoms with Crippen LogP contribution in [0.1, 0.15) is 41.2 Å². The first-order chi connectivity index (χ1) is 14.9. The highest BCUT2D eigenvalue weighted by Gasteiger charge is 2.15. The maximum atomic E-state index is 12.7. The zero-order valence-corrected chi connectivity index (χ0v) is 18.8. The van der Waals surface area contributed by atoms with Gasteiger partial charge in [0.15, 0.2) is 5.69 Å². The number of nitrogens with one attached hydrogen (secondary N) is 1. The fourth-order valence-electron chi connectivity index (χ4n) is 3.28. The monoisotopic (exact) mass is 438 g/mol. The molecule has 1 aromatic heterocycles. The predicted octanol–water partition coefficient (Wildman–Crippen LogP) is 3.97. The Labute approximate surface area is 187 Å². The third kappa shape index (κ3) is 5.81. The van der Waals surface area contributed by atoms with E-state index in [2.05, 4.69) is 41.3 Å². The smallest absolute Gasteiger partial charge is 0.276 e. The molecule has 31 heavy (non-hydrogen) atoms. The van der Waals surface area contributed by atoms with E-state index in [1.807, 2.05) is 12.1 Å². The van der Waals surface area contributed by atoms with Crippen LogP contribution >= 0.6 is 11.6 Å². The van der Waals surface area contributed by atoms with Crippen LogP contribution in [0.2, 0.25) is 5.02 Å². The normalized spacial score (nSPS) is 11.0. The molecule has 0 fully saturated rings. The molecule has 2 aromatic carbocycles. The van der Waals surface area contributed by atoms with E-state index in [0.29, 0.717) is 17.3 Å². The first-order valence-electron chi connectivity index (χ1n) is 10.4. The Morgan fingerprint density at radius 3 is 2.26 bits per heavy atom. The molecule has 0 aliphatic carbocycles. The van der Waals surface area contributed by atoms with Gasteiger partial charge >= 0.3 is 0 Å². The summed E-state index contributed by atoms with van der Waals surface area (Å²) < 4.78 is 1.56. The summed E-state index contributed by atoms with van der Waals surface area (Å²) in [7, 11) is 0. The second kappa shape index (κ2) is 10.4. The van der Waals surface area contributed by atoms with Crippen molar-refractivity contribution in [3.05, 3.63) is 92.4 Å². The zero-order valence-electron chi connectivity index (χ0n) is 18.1. The third-order valence-electron chi connectivity index (χ3n) is 5.17. The van der Waals surface area contributed by atoms with Gasteiger partial charge in [-0.05, 0) is 55.4 Å². The molecule has 0 saturated carbocycles. The van der Waals surface area contributed by atoms with Gasteiger partial charge in [0.25, 0.3) is 5.91 Å². The van der Waals surface area contributed by atoms with Gasteiger partial charge in [0.05, 0.1) is 5.69 Å². The molecule has 1 heterocycles. The van der Waals surface area contributed by atoms with Crippen molar-refractivity contribution in [3.63, 3.8) is 0 Å². The number of halogens is 1. The summed E-state index contributed by atoms with van der Waals surface area (Å²) in [5.41, 5.74) is 2.99. The molecule has 0 radical (unpaired) electrons. The summed E-state index contributed by atoms with van der Waals surface area (Å²) in [6.07, 6.45) is 0. The number of amides is 1. The van der Waals surface area contributed by atoms with Gasteiger partial charge < -0.3 is 5.32 Å². The number of hydrogen-bond acceptors (Lipinski definition) is 4. The minimum absolute atomic E-state index is 0.140. The maximum Gasteiger partial charge on any atom is 0.276 e. The Balaban J connectivity index is 1.71. The van der Waals surface area contributed by atoms with Crippen molar-refractivity contribution in [2.75, 3.05) is 13.1 Å². The molecule has 3 aromatic rings. The quantitative estimate of drug-likeness (QED) is 0.578. The molecule has 0 aliphatic heterocycles. The summed E-state index contributed by atoms with van der Waals surface area (Å²) in [4.78, 5) is 27.4. The molecule has 0 aliphatic rings. The van der Waals surface area contributed by atoms with Gasteiger partial charge in [-0.1, -0.05) is 49.7 Å². The highest BCUT2D eigenvalue weighted by Crippen LogP contribution is 2.14. The summed E-state index contributed by atoms with van der Waals surface area (Å²) in [5, 5.41) is 7.69. The molecule has 0 saturated heterocycles. The van der Waals surface area contributed by atoms with E-state index in [1.165, 1.54) is 11.6 Å². The fourth-order valence-corrected chi connectivity index (χ4v) is 3.41. The second-order valence-corrected chi connectivity index (χ2v) is 7.78. The number of aromatic nitrogens is 2. The lowest BCUT2D eigenvalue weighted by Gasteiger charge is -2.18. The van der Waals surface area contributed by atoms with Crippen molar-refractivity contribution in [1.82, 2.24) is 20.0 Å².